The quantitative estimate of drug-likeness (QED) is 0.493. The lowest BCUT2D eigenvalue weighted by Gasteiger charge is -2.12. The Morgan fingerprint density at radius 1 is 1.00 bits per heavy atom. The minimum absolute atomic E-state index is 0.138. The summed E-state index contributed by atoms with van der Waals surface area (Å²) < 4.78 is 13.0. The number of carbonyl (C=O) groups is 1. The Balaban J connectivity index is 1.55. The Labute approximate surface area is 175 Å². The largest absolute Gasteiger partial charge is 0.497 e. The highest BCUT2D eigenvalue weighted by Crippen LogP contribution is 2.21. The number of ether oxygens (including phenoxy) is 2. The number of carbonyl (C=O) groups excluding carboxylic acids is 1. The van der Waals surface area contributed by atoms with Crippen LogP contribution in [0.5, 0.6) is 11.5 Å². The summed E-state index contributed by atoms with van der Waals surface area (Å²) in [5.41, 5.74) is 3.49. The summed E-state index contributed by atoms with van der Waals surface area (Å²) >= 11 is 0. The van der Waals surface area contributed by atoms with Crippen LogP contribution in [-0.2, 0) is 17.9 Å². The van der Waals surface area contributed by atoms with Crippen molar-refractivity contribution in [3.05, 3.63) is 84.2 Å². The summed E-state index contributed by atoms with van der Waals surface area (Å²) in [6.07, 6.45) is 0. The maximum Gasteiger partial charge on any atom is 0.244 e. The van der Waals surface area contributed by atoms with Crippen LogP contribution in [-0.4, -0.2) is 22.6 Å². The van der Waals surface area contributed by atoms with Crippen LogP contribution in [0.15, 0.2) is 72.8 Å². The smallest absolute Gasteiger partial charge is 0.244 e. The zero-order valence-electron chi connectivity index (χ0n) is 17.0. The van der Waals surface area contributed by atoms with E-state index in [1.807, 2.05) is 84.3 Å². The second kappa shape index (κ2) is 8.69. The highest BCUT2D eigenvalue weighted by Gasteiger charge is 2.15. The first kappa shape index (κ1) is 19.5. The van der Waals surface area contributed by atoms with Gasteiger partial charge in [0.25, 0.3) is 0 Å². The molecule has 0 spiro atoms. The van der Waals surface area contributed by atoms with Gasteiger partial charge in [0, 0.05) is 5.69 Å². The lowest BCUT2D eigenvalue weighted by Crippen LogP contribution is -2.20. The topological polar surface area (TPSA) is 65.4 Å². The van der Waals surface area contributed by atoms with Gasteiger partial charge in [-0.1, -0.05) is 30.3 Å². The molecule has 1 N–H and O–H groups in total. The van der Waals surface area contributed by atoms with Gasteiger partial charge >= 0.3 is 0 Å². The van der Waals surface area contributed by atoms with Crippen molar-refractivity contribution in [2.45, 2.75) is 20.1 Å². The first-order chi connectivity index (χ1) is 14.6. The Kier molecular flexibility index (Phi) is 5.66. The third kappa shape index (κ3) is 4.27. The lowest BCUT2D eigenvalue weighted by atomic mass is 10.2. The van der Waals surface area contributed by atoms with E-state index >= 15 is 0 Å². The summed E-state index contributed by atoms with van der Waals surface area (Å²) in [4.78, 5) is 17.4. The maximum absolute atomic E-state index is 12.7. The van der Waals surface area contributed by atoms with E-state index in [9.17, 15) is 4.79 Å². The second-order valence-electron chi connectivity index (χ2n) is 6.93. The molecule has 0 aliphatic heterocycles. The zero-order valence-corrected chi connectivity index (χ0v) is 17.0. The van der Waals surface area contributed by atoms with Gasteiger partial charge in [-0.15, -0.1) is 0 Å². The van der Waals surface area contributed by atoms with Crippen LogP contribution in [0.4, 0.5) is 5.69 Å². The van der Waals surface area contributed by atoms with Gasteiger partial charge in [-0.3, -0.25) is 4.79 Å². The standard InChI is InChI=1S/C24H23N3O3/c1-17-7-3-6-10-22(17)30-16-23-26-20-8-4-5-9-21(20)27(23)15-24(28)25-18-11-13-19(29-2)14-12-18/h3-14H,15-16H2,1-2H3,(H,25,28). The van der Waals surface area contributed by atoms with Crippen LogP contribution in [0.25, 0.3) is 11.0 Å². The van der Waals surface area contributed by atoms with Gasteiger partial charge in [-0.25, -0.2) is 4.98 Å². The number of aryl methyl sites for hydroxylation is 1. The molecular formula is C24H23N3O3. The average Bonchev–Trinajstić information content (AvgIpc) is 3.11. The molecule has 30 heavy (non-hydrogen) atoms. The Morgan fingerprint density at radius 3 is 2.50 bits per heavy atom. The van der Waals surface area contributed by atoms with Gasteiger partial charge in [-0.2, -0.15) is 0 Å². The fourth-order valence-corrected chi connectivity index (χ4v) is 3.29. The third-order valence-corrected chi connectivity index (χ3v) is 4.86. The molecule has 0 saturated carbocycles. The molecule has 0 atom stereocenters. The first-order valence-electron chi connectivity index (χ1n) is 9.70. The van der Waals surface area contributed by atoms with Crippen molar-refractivity contribution in [3.63, 3.8) is 0 Å². The number of methoxy groups -OCH3 is 1. The molecule has 0 aliphatic rings. The van der Waals surface area contributed by atoms with E-state index in [-0.39, 0.29) is 19.1 Å². The minimum Gasteiger partial charge on any atom is -0.497 e. The van der Waals surface area contributed by atoms with Gasteiger partial charge in [0.15, 0.2) is 0 Å². The van der Waals surface area contributed by atoms with E-state index in [0.29, 0.717) is 11.5 Å². The van der Waals surface area contributed by atoms with Crippen molar-refractivity contribution in [3.8, 4) is 11.5 Å². The normalized spacial score (nSPS) is 10.7. The van der Waals surface area contributed by atoms with Gasteiger partial charge < -0.3 is 19.4 Å². The number of nitrogens with zero attached hydrogens (tertiary/aromatic N) is 2. The van der Waals surface area contributed by atoms with E-state index in [4.69, 9.17) is 9.47 Å². The van der Waals surface area contributed by atoms with E-state index in [1.54, 1.807) is 7.11 Å². The number of rotatable bonds is 7. The van der Waals surface area contributed by atoms with Crippen molar-refractivity contribution in [2.24, 2.45) is 0 Å². The summed E-state index contributed by atoms with van der Waals surface area (Å²) in [5, 5.41) is 2.92. The van der Waals surface area contributed by atoms with Gasteiger partial charge in [-0.05, 0) is 55.0 Å². The fourth-order valence-electron chi connectivity index (χ4n) is 3.29. The minimum atomic E-state index is -0.138. The predicted molar refractivity (Wildman–Crippen MR) is 117 cm³/mol. The number of hydrogen-bond donors (Lipinski definition) is 1. The van der Waals surface area contributed by atoms with E-state index in [0.717, 1.165) is 28.1 Å². The highest BCUT2D eigenvalue weighted by molar-refractivity contribution is 5.91. The average molecular weight is 401 g/mol. The van der Waals surface area contributed by atoms with E-state index in [1.165, 1.54) is 0 Å². The van der Waals surface area contributed by atoms with E-state index in [2.05, 4.69) is 10.3 Å². The molecule has 4 rings (SSSR count). The number of aromatic nitrogens is 2. The van der Waals surface area contributed by atoms with Crippen LogP contribution in [0.2, 0.25) is 0 Å². The number of para-hydroxylation sites is 3. The Bertz CT molecular complexity index is 1170. The predicted octanol–water partition coefficient (Wildman–Crippen LogP) is 4.57. The van der Waals surface area contributed by atoms with Gasteiger partial charge in [0.05, 0.1) is 18.1 Å². The molecule has 3 aromatic carbocycles. The number of nitrogens with one attached hydrogen (secondary N) is 1. The summed E-state index contributed by atoms with van der Waals surface area (Å²) in [6.45, 7) is 2.41. The molecule has 6 nitrogen and oxygen atoms in total. The summed E-state index contributed by atoms with van der Waals surface area (Å²) in [6, 6.07) is 22.8. The molecule has 152 valence electrons. The fraction of sp³-hybridized carbons (Fsp3) is 0.167. The molecule has 4 aromatic rings. The monoisotopic (exact) mass is 401 g/mol. The number of hydrogen-bond acceptors (Lipinski definition) is 4. The highest BCUT2D eigenvalue weighted by atomic mass is 16.5. The molecule has 1 amide bonds. The van der Waals surface area contributed by atoms with Crippen LogP contribution >= 0.6 is 0 Å². The summed E-state index contributed by atoms with van der Waals surface area (Å²) in [5.74, 6) is 2.10. The van der Waals surface area contributed by atoms with Crippen molar-refractivity contribution < 1.29 is 14.3 Å². The van der Waals surface area contributed by atoms with Crippen LogP contribution in [0.1, 0.15) is 11.4 Å². The van der Waals surface area contributed by atoms with E-state index < -0.39 is 0 Å². The molecule has 0 aliphatic carbocycles. The van der Waals surface area contributed by atoms with Gasteiger partial charge in [0.2, 0.25) is 5.91 Å². The molecule has 0 unspecified atom stereocenters. The molecular weight excluding hydrogens is 378 g/mol. The zero-order chi connectivity index (χ0) is 20.9. The van der Waals surface area contributed by atoms with Crippen molar-refractivity contribution in [1.29, 1.82) is 0 Å². The first-order valence-corrected chi connectivity index (χ1v) is 9.70. The van der Waals surface area contributed by atoms with Gasteiger partial charge in [0.1, 0.15) is 30.5 Å². The van der Waals surface area contributed by atoms with Crippen molar-refractivity contribution >= 4 is 22.6 Å². The number of benzene rings is 3. The van der Waals surface area contributed by atoms with Crippen LogP contribution < -0.4 is 14.8 Å². The van der Waals surface area contributed by atoms with Crippen molar-refractivity contribution in [1.82, 2.24) is 9.55 Å². The SMILES string of the molecule is COc1ccc(NC(=O)Cn2c(COc3ccccc3C)nc3ccccc32)cc1. The number of anilines is 1. The number of imidazole rings is 1. The van der Waals surface area contributed by atoms with Crippen molar-refractivity contribution in [2.75, 3.05) is 12.4 Å². The lowest BCUT2D eigenvalue weighted by molar-refractivity contribution is -0.116. The summed E-state index contributed by atoms with van der Waals surface area (Å²) in [7, 11) is 1.61. The Hall–Kier alpha value is -3.80. The molecule has 0 radical (unpaired) electrons. The molecule has 6 heteroatoms. The van der Waals surface area contributed by atoms with Crippen LogP contribution in [0.3, 0.4) is 0 Å². The third-order valence-electron chi connectivity index (χ3n) is 4.86. The molecule has 0 saturated heterocycles. The maximum atomic E-state index is 12.7. The number of fused-ring (bicyclic) bond motifs is 1. The molecule has 0 bridgehead atoms. The second-order valence-corrected chi connectivity index (χ2v) is 6.93. The number of amides is 1. The Morgan fingerprint density at radius 2 is 1.73 bits per heavy atom. The molecule has 1 heterocycles. The van der Waals surface area contributed by atoms with Crippen LogP contribution in [0, 0.1) is 6.92 Å². The molecule has 0 fully saturated rings. The molecule has 1 aromatic heterocycles.